The average Bonchev–Trinajstić information content (AvgIpc) is 3.22. The Kier molecular flexibility index (Phi) is 5.05. The predicted molar refractivity (Wildman–Crippen MR) is 76.6 cm³/mol. The zero-order valence-corrected chi connectivity index (χ0v) is 11.9. The number of aromatic hydroxyl groups is 1. The van der Waals surface area contributed by atoms with Gasteiger partial charge in [0.1, 0.15) is 0 Å². The van der Waals surface area contributed by atoms with E-state index in [1.54, 1.807) is 6.07 Å². The number of ether oxygens (including phenoxy) is 1. The predicted octanol–water partition coefficient (Wildman–Crippen LogP) is 1.97. The Morgan fingerprint density at radius 1 is 1.42 bits per heavy atom. The summed E-state index contributed by atoms with van der Waals surface area (Å²) in [7, 11) is 2.19. The van der Waals surface area contributed by atoms with Crippen LogP contribution in [0.1, 0.15) is 25.3 Å². The highest BCUT2D eigenvalue weighted by Gasteiger charge is 2.25. The van der Waals surface area contributed by atoms with Crippen LogP contribution < -0.4 is 10.1 Å². The van der Waals surface area contributed by atoms with E-state index in [1.165, 1.54) is 12.8 Å². The van der Waals surface area contributed by atoms with Crippen LogP contribution in [0, 0.1) is 0 Å². The number of nitrogens with zero attached hydrogens (tertiary/aromatic N) is 1. The van der Waals surface area contributed by atoms with Crippen LogP contribution >= 0.6 is 0 Å². The van der Waals surface area contributed by atoms with Gasteiger partial charge in [-0.1, -0.05) is 6.07 Å². The molecule has 0 spiro atoms. The number of benzene rings is 1. The molecule has 0 unspecified atom stereocenters. The molecule has 1 aliphatic carbocycles. The molecule has 0 aliphatic heterocycles. The van der Waals surface area contributed by atoms with Crippen LogP contribution in [0.15, 0.2) is 18.2 Å². The first kappa shape index (κ1) is 14.2. The molecule has 2 rings (SSSR count). The monoisotopic (exact) mass is 264 g/mol. The minimum Gasteiger partial charge on any atom is -0.504 e. The van der Waals surface area contributed by atoms with E-state index < -0.39 is 0 Å². The van der Waals surface area contributed by atoms with E-state index >= 15 is 0 Å². The third-order valence-corrected chi connectivity index (χ3v) is 3.46. The van der Waals surface area contributed by atoms with Gasteiger partial charge in [-0.05, 0) is 44.5 Å². The van der Waals surface area contributed by atoms with Crippen LogP contribution in [0.3, 0.4) is 0 Å². The van der Waals surface area contributed by atoms with E-state index in [0.29, 0.717) is 12.4 Å². The van der Waals surface area contributed by atoms with E-state index in [2.05, 4.69) is 17.3 Å². The maximum atomic E-state index is 9.63. The number of hydrogen-bond acceptors (Lipinski definition) is 4. The quantitative estimate of drug-likeness (QED) is 0.705. The number of nitrogens with one attached hydrogen (secondary N) is 1. The Morgan fingerprint density at radius 3 is 2.89 bits per heavy atom. The lowest BCUT2D eigenvalue weighted by Crippen LogP contribution is -2.30. The third-order valence-electron chi connectivity index (χ3n) is 3.46. The number of phenolic OH excluding ortho intramolecular Hbond substituents is 1. The standard InChI is InChI=1S/C15H24N2O2/c1-3-19-15-10-12(4-7-14(15)18)11-16-8-9-17(2)13-5-6-13/h4,7,10,13,16,18H,3,5-6,8-9,11H2,1-2H3. The van der Waals surface area contributed by atoms with Gasteiger partial charge in [-0.25, -0.2) is 0 Å². The summed E-state index contributed by atoms with van der Waals surface area (Å²) in [6, 6.07) is 6.34. The molecule has 0 aromatic heterocycles. The Labute approximate surface area is 115 Å². The Morgan fingerprint density at radius 2 is 2.21 bits per heavy atom. The lowest BCUT2D eigenvalue weighted by molar-refractivity contribution is 0.316. The zero-order chi connectivity index (χ0) is 13.7. The molecule has 4 heteroatoms. The fraction of sp³-hybridized carbons (Fsp3) is 0.600. The van der Waals surface area contributed by atoms with Gasteiger partial charge in [-0.3, -0.25) is 0 Å². The van der Waals surface area contributed by atoms with Crippen LogP contribution in [0.2, 0.25) is 0 Å². The van der Waals surface area contributed by atoms with Crippen molar-refractivity contribution in [3.63, 3.8) is 0 Å². The van der Waals surface area contributed by atoms with E-state index in [9.17, 15) is 5.11 Å². The first-order valence-corrected chi connectivity index (χ1v) is 7.06. The van der Waals surface area contributed by atoms with Crippen molar-refractivity contribution >= 4 is 0 Å². The minimum atomic E-state index is 0.207. The summed E-state index contributed by atoms with van der Waals surface area (Å²) >= 11 is 0. The summed E-state index contributed by atoms with van der Waals surface area (Å²) < 4.78 is 5.38. The normalized spacial score (nSPS) is 14.9. The first-order chi connectivity index (χ1) is 9.20. The molecular formula is C15H24N2O2. The van der Waals surface area contributed by atoms with Gasteiger partial charge in [-0.15, -0.1) is 0 Å². The van der Waals surface area contributed by atoms with Gasteiger partial charge in [0.05, 0.1) is 6.61 Å². The molecule has 0 heterocycles. The number of likely N-dealkylation sites (N-methyl/N-ethyl adjacent to an activating group) is 1. The van der Waals surface area contributed by atoms with Crippen LogP contribution in [-0.4, -0.2) is 42.8 Å². The van der Waals surface area contributed by atoms with Gasteiger partial charge >= 0.3 is 0 Å². The van der Waals surface area contributed by atoms with Crippen molar-refractivity contribution in [2.45, 2.75) is 32.4 Å². The molecule has 19 heavy (non-hydrogen) atoms. The van der Waals surface area contributed by atoms with E-state index in [-0.39, 0.29) is 5.75 Å². The largest absolute Gasteiger partial charge is 0.504 e. The Balaban J connectivity index is 1.74. The molecule has 1 fully saturated rings. The van der Waals surface area contributed by atoms with E-state index in [1.807, 2.05) is 19.1 Å². The maximum Gasteiger partial charge on any atom is 0.161 e. The Bertz CT molecular complexity index is 405. The molecule has 1 aromatic rings. The van der Waals surface area contributed by atoms with Crippen molar-refractivity contribution in [1.29, 1.82) is 0 Å². The number of hydrogen-bond donors (Lipinski definition) is 2. The molecule has 0 atom stereocenters. The number of phenols is 1. The highest BCUT2D eigenvalue weighted by molar-refractivity contribution is 5.41. The molecule has 106 valence electrons. The van der Waals surface area contributed by atoms with Gasteiger partial charge in [0, 0.05) is 25.7 Å². The topological polar surface area (TPSA) is 44.7 Å². The molecule has 4 nitrogen and oxygen atoms in total. The molecular weight excluding hydrogens is 240 g/mol. The molecule has 0 bridgehead atoms. The van der Waals surface area contributed by atoms with Crippen molar-refractivity contribution < 1.29 is 9.84 Å². The molecule has 0 saturated heterocycles. The lowest BCUT2D eigenvalue weighted by Gasteiger charge is -2.16. The van der Waals surface area contributed by atoms with Crippen molar-refractivity contribution in [1.82, 2.24) is 10.2 Å². The lowest BCUT2D eigenvalue weighted by atomic mass is 10.2. The molecule has 1 aliphatic rings. The van der Waals surface area contributed by atoms with Gasteiger partial charge in [0.2, 0.25) is 0 Å². The summed E-state index contributed by atoms with van der Waals surface area (Å²) in [5, 5.41) is 13.1. The van der Waals surface area contributed by atoms with E-state index in [0.717, 1.165) is 31.2 Å². The second-order valence-corrected chi connectivity index (χ2v) is 5.12. The second-order valence-electron chi connectivity index (χ2n) is 5.12. The van der Waals surface area contributed by atoms with E-state index in [4.69, 9.17) is 4.74 Å². The highest BCUT2D eigenvalue weighted by atomic mass is 16.5. The maximum absolute atomic E-state index is 9.63. The van der Waals surface area contributed by atoms with Crippen LogP contribution in [0.4, 0.5) is 0 Å². The van der Waals surface area contributed by atoms with Crippen LogP contribution in [-0.2, 0) is 6.54 Å². The Hall–Kier alpha value is -1.26. The number of rotatable bonds is 8. The minimum absolute atomic E-state index is 0.207. The van der Waals surface area contributed by atoms with Crippen molar-refractivity contribution in [3.05, 3.63) is 23.8 Å². The van der Waals surface area contributed by atoms with Gasteiger partial charge in [0.15, 0.2) is 11.5 Å². The fourth-order valence-electron chi connectivity index (χ4n) is 2.13. The smallest absolute Gasteiger partial charge is 0.161 e. The summed E-state index contributed by atoms with van der Waals surface area (Å²) in [6.45, 7) is 5.35. The zero-order valence-electron chi connectivity index (χ0n) is 11.9. The van der Waals surface area contributed by atoms with Crippen LogP contribution in [0.25, 0.3) is 0 Å². The molecule has 1 saturated carbocycles. The van der Waals surface area contributed by atoms with Gasteiger partial charge < -0.3 is 20.1 Å². The van der Waals surface area contributed by atoms with Crippen molar-refractivity contribution in [2.24, 2.45) is 0 Å². The highest BCUT2D eigenvalue weighted by Crippen LogP contribution is 2.27. The fourth-order valence-corrected chi connectivity index (χ4v) is 2.13. The summed E-state index contributed by atoms with van der Waals surface area (Å²) in [5.74, 6) is 0.774. The van der Waals surface area contributed by atoms with Crippen molar-refractivity contribution in [3.8, 4) is 11.5 Å². The molecule has 1 aromatic carbocycles. The molecule has 0 radical (unpaired) electrons. The summed E-state index contributed by atoms with van der Waals surface area (Å²) in [4.78, 5) is 2.41. The molecule has 2 N–H and O–H groups in total. The first-order valence-electron chi connectivity index (χ1n) is 7.06. The summed E-state index contributed by atoms with van der Waals surface area (Å²) in [5.41, 5.74) is 1.13. The van der Waals surface area contributed by atoms with Gasteiger partial charge in [0.25, 0.3) is 0 Å². The third kappa shape index (κ3) is 4.40. The average molecular weight is 264 g/mol. The second kappa shape index (κ2) is 6.78. The SMILES string of the molecule is CCOc1cc(CNCCN(C)C2CC2)ccc1O. The van der Waals surface area contributed by atoms with Crippen molar-refractivity contribution in [2.75, 3.05) is 26.7 Å². The summed E-state index contributed by atoms with van der Waals surface area (Å²) in [6.07, 6.45) is 2.71. The van der Waals surface area contributed by atoms with Gasteiger partial charge in [-0.2, -0.15) is 0 Å². The van der Waals surface area contributed by atoms with Crippen LogP contribution in [0.5, 0.6) is 11.5 Å². The molecule has 0 amide bonds.